The number of hydrogen-bond acceptors (Lipinski definition) is 4. The van der Waals surface area contributed by atoms with Crippen molar-refractivity contribution in [3.63, 3.8) is 0 Å². The zero-order chi connectivity index (χ0) is 14.8. The Labute approximate surface area is 120 Å². The summed E-state index contributed by atoms with van der Waals surface area (Å²) in [6.07, 6.45) is 5.64. The van der Waals surface area contributed by atoms with E-state index in [1.807, 2.05) is 0 Å². The highest BCUT2D eigenvalue weighted by molar-refractivity contribution is 5.15. The van der Waals surface area contributed by atoms with Gasteiger partial charge in [-0.1, -0.05) is 20.8 Å². The van der Waals surface area contributed by atoms with E-state index in [0.717, 1.165) is 25.7 Å². The molecular formula is C16H23N3O. The average Bonchev–Trinajstić information content (AvgIpc) is 2.46. The van der Waals surface area contributed by atoms with Crippen molar-refractivity contribution >= 4 is 0 Å². The fraction of sp³-hybridized carbons (Fsp3) is 0.688. The fourth-order valence-electron chi connectivity index (χ4n) is 3.19. The number of nitriles is 1. The second-order valence-electron chi connectivity index (χ2n) is 6.95. The van der Waals surface area contributed by atoms with Gasteiger partial charge in [-0.3, -0.25) is 0 Å². The molecule has 1 N–H and O–H groups in total. The molecule has 1 aliphatic rings. The number of aliphatic hydroxyl groups excluding tert-OH is 1. The van der Waals surface area contributed by atoms with E-state index in [1.54, 1.807) is 12.3 Å². The topological polar surface area (TPSA) is 69.8 Å². The molecule has 0 amide bonds. The predicted octanol–water partition coefficient (Wildman–Crippen LogP) is 3.26. The lowest BCUT2D eigenvalue weighted by Gasteiger charge is -2.42. The first-order valence-corrected chi connectivity index (χ1v) is 7.24. The number of rotatable bonds is 2. The molecule has 0 radical (unpaired) electrons. The van der Waals surface area contributed by atoms with E-state index in [9.17, 15) is 10.4 Å². The van der Waals surface area contributed by atoms with Crippen molar-refractivity contribution in [2.75, 3.05) is 0 Å². The van der Waals surface area contributed by atoms with Crippen molar-refractivity contribution in [2.24, 2.45) is 16.7 Å². The third-order valence-electron chi connectivity index (χ3n) is 4.73. The van der Waals surface area contributed by atoms with E-state index in [-0.39, 0.29) is 5.41 Å². The molecule has 0 saturated heterocycles. The lowest BCUT2D eigenvalue weighted by atomic mass is 9.62. The van der Waals surface area contributed by atoms with Crippen molar-refractivity contribution in [3.05, 3.63) is 24.3 Å². The zero-order valence-electron chi connectivity index (χ0n) is 12.5. The third-order valence-corrected chi connectivity index (χ3v) is 4.73. The van der Waals surface area contributed by atoms with Crippen LogP contribution in [-0.2, 0) is 0 Å². The molecule has 0 aromatic carbocycles. The van der Waals surface area contributed by atoms with E-state index >= 15 is 0 Å². The van der Waals surface area contributed by atoms with Crippen molar-refractivity contribution < 1.29 is 5.11 Å². The summed E-state index contributed by atoms with van der Waals surface area (Å²) in [6.45, 7) is 6.74. The van der Waals surface area contributed by atoms with Gasteiger partial charge in [0.25, 0.3) is 0 Å². The van der Waals surface area contributed by atoms with Gasteiger partial charge in [0.2, 0.25) is 0 Å². The van der Waals surface area contributed by atoms with Crippen molar-refractivity contribution in [1.82, 2.24) is 9.97 Å². The molecule has 0 bridgehead atoms. The zero-order valence-corrected chi connectivity index (χ0v) is 12.5. The maximum atomic E-state index is 10.6. The second kappa shape index (κ2) is 5.49. The van der Waals surface area contributed by atoms with Crippen LogP contribution in [0.5, 0.6) is 0 Å². The minimum absolute atomic E-state index is 0.265. The van der Waals surface area contributed by atoms with Gasteiger partial charge >= 0.3 is 0 Å². The lowest BCUT2D eigenvalue weighted by molar-refractivity contribution is 0.00590. The van der Waals surface area contributed by atoms with E-state index < -0.39 is 11.5 Å². The third kappa shape index (κ3) is 2.83. The Hall–Kier alpha value is -1.47. The first-order valence-electron chi connectivity index (χ1n) is 7.24. The molecule has 0 spiro atoms. The second-order valence-corrected chi connectivity index (χ2v) is 6.95. The molecule has 0 aliphatic heterocycles. The van der Waals surface area contributed by atoms with Crippen LogP contribution in [0.15, 0.2) is 18.6 Å². The monoisotopic (exact) mass is 273 g/mol. The number of aromatic nitrogens is 2. The first-order chi connectivity index (χ1) is 9.39. The highest BCUT2D eigenvalue weighted by Gasteiger charge is 2.44. The highest BCUT2D eigenvalue weighted by atomic mass is 16.3. The molecule has 1 aromatic heterocycles. The quantitative estimate of drug-likeness (QED) is 0.898. The predicted molar refractivity (Wildman–Crippen MR) is 76.5 cm³/mol. The van der Waals surface area contributed by atoms with Gasteiger partial charge in [0.1, 0.15) is 12.4 Å². The van der Waals surface area contributed by atoms with E-state index in [2.05, 4.69) is 36.8 Å². The molecule has 1 aliphatic carbocycles. The van der Waals surface area contributed by atoms with Gasteiger partial charge in [0.15, 0.2) is 0 Å². The van der Waals surface area contributed by atoms with Crippen LogP contribution < -0.4 is 0 Å². The largest absolute Gasteiger partial charge is 0.385 e. The Morgan fingerprint density at radius 2 is 2.05 bits per heavy atom. The van der Waals surface area contributed by atoms with E-state index in [0.29, 0.717) is 11.6 Å². The van der Waals surface area contributed by atoms with Crippen LogP contribution in [0.3, 0.4) is 0 Å². The summed E-state index contributed by atoms with van der Waals surface area (Å²) in [5.74, 6) is 0.613. The minimum atomic E-state index is -0.823. The molecule has 1 atom stereocenters. The van der Waals surface area contributed by atoms with Crippen LogP contribution >= 0.6 is 0 Å². The van der Waals surface area contributed by atoms with Crippen LogP contribution in [0.2, 0.25) is 0 Å². The van der Waals surface area contributed by atoms with E-state index in [1.165, 1.54) is 6.33 Å². The van der Waals surface area contributed by atoms with Crippen molar-refractivity contribution in [1.29, 1.82) is 5.26 Å². The molecule has 1 aromatic rings. The van der Waals surface area contributed by atoms with Crippen LogP contribution in [0.4, 0.5) is 0 Å². The molecule has 1 fully saturated rings. The molecule has 1 saturated carbocycles. The first kappa shape index (κ1) is 14.9. The Bertz CT molecular complexity index is 479. The smallest absolute Gasteiger partial charge is 0.115 e. The summed E-state index contributed by atoms with van der Waals surface area (Å²) in [7, 11) is 0. The summed E-state index contributed by atoms with van der Waals surface area (Å²) in [5, 5.41) is 20.2. The highest BCUT2D eigenvalue weighted by Crippen LogP contribution is 2.50. The van der Waals surface area contributed by atoms with Gasteiger partial charge in [-0.05, 0) is 43.1 Å². The summed E-state index contributed by atoms with van der Waals surface area (Å²) in [4.78, 5) is 7.96. The SMILES string of the molecule is CC(C)(C)C1CCC(C#N)(C(O)c2ccncn2)CC1. The van der Waals surface area contributed by atoms with Crippen LogP contribution in [0, 0.1) is 28.1 Å². The maximum Gasteiger partial charge on any atom is 0.115 e. The van der Waals surface area contributed by atoms with Crippen molar-refractivity contribution in [2.45, 2.75) is 52.6 Å². The van der Waals surface area contributed by atoms with Gasteiger partial charge in [-0.25, -0.2) is 9.97 Å². The normalized spacial score (nSPS) is 28.6. The molecule has 1 unspecified atom stereocenters. The summed E-state index contributed by atoms with van der Waals surface area (Å²) in [6, 6.07) is 4.07. The molecule has 20 heavy (non-hydrogen) atoms. The Kier molecular flexibility index (Phi) is 4.10. The minimum Gasteiger partial charge on any atom is -0.385 e. The summed E-state index contributed by atoms with van der Waals surface area (Å²) >= 11 is 0. The van der Waals surface area contributed by atoms with Gasteiger partial charge in [0, 0.05) is 6.20 Å². The maximum absolute atomic E-state index is 10.6. The molecule has 4 heteroatoms. The standard InChI is InChI=1S/C16H23N3O/c1-15(2,3)12-4-7-16(10-17,8-5-12)14(20)13-6-9-18-11-19-13/h6,9,11-12,14,20H,4-5,7-8H2,1-3H3. The van der Waals surface area contributed by atoms with Gasteiger partial charge in [-0.2, -0.15) is 5.26 Å². The van der Waals surface area contributed by atoms with E-state index in [4.69, 9.17) is 0 Å². The van der Waals surface area contributed by atoms with Crippen LogP contribution in [-0.4, -0.2) is 15.1 Å². The summed E-state index contributed by atoms with van der Waals surface area (Å²) < 4.78 is 0. The van der Waals surface area contributed by atoms with Gasteiger partial charge < -0.3 is 5.11 Å². The van der Waals surface area contributed by atoms with Gasteiger partial charge in [-0.15, -0.1) is 0 Å². The van der Waals surface area contributed by atoms with Crippen LogP contribution in [0.25, 0.3) is 0 Å². The Morgan fingerprint density at radius 3 is 2.50 bits per heavy atom. The average molecular weight is 273 g/mol. The molecular weight excluding hydrogens is 250 g/mol. The van der Waals surface area contributed by atoms with Crippen molar-refractivity contribution in [3.8, 4) is 6.07 Å². The number of aliphatic hydroxyl groups is 1. The van der Waals surface area contributed by atoms with Gasteiger partial charge in [0.05, 0.1) is 17.2 Å². The molecule has 1 heterocycles. The lowest BCUT2D eigenvalue weighted by Crippen LogP contribution is -2.36. The summed E-state index contributed by atoms with van der Waals surface area (Å²) in [5.41, 5.74) is 0.119. The number of nitrogens with zero attached hydrogens (tertiary/aromatic N) is 3. The Balaban J connectivity index is 2.16. The molecule has 4 nitrogen and oxygen atoms in total. The number of hydrogen-bond donors (Lipinski definition) is 1. The molecule has 2 rings (SSSR count). The molecule has 108 valence electrons. The Morgan fingerprint density at radius 1 is 1.40 bits per heavy atom. The van der Waals surface area contributed by atoms with Crippen LogP contribution in [0.1, 0.15) is 58.3 Å². The fourth-order valence-corrected chi connectivity index (χ4v) is 3.19.